The van der Waals surface area contributed by atoms with Crippen LogP contribution in [0.1, 0.15) is 11.1 Å². The van der Waals surface area contributed by atoms with Crippen LogP contribution in [0.3, 0.4) is 0 Å². The first-order valence-electron chi connectivity index (χ1n) is 17.3. The smallest absolute Gasteiger partial charge is 0.294 e. The molecule has 0 radical (unpaired) electrons. The van der Waals surface area contributed by atoms with Crippen LogP contribution in [0.5, 0.6) is 0 Å². The number of hydrogen-bond donors (Lipinski definition) is 8. The van der Waals surface area contributed by atoms with Crippen molar-refractivity contribution < 1.29 is 25.9 Å². The predicted molar refractivity (Wildman–Crippen MR) is 219 cm³/mol. The summed E-state index contributed by atoms with van der Waals surface area (Å²) in [7, 11) is -8.69. The minimum absolute atomic E-state index is 0.186. The summed E-state index contributed by atoms with van der Waals surface area (Å²) in [6.45, 7) is 0.737. The summed E-state index contributed by atoms with van der Waals surface area (Å²) < 4.78 is 64.5. The number of aromatic nitrogens is 6. The lowest BCUT2D eigenvalue weighted by atomic mass is 10.1. The Hall–Kier alpha value is -7.26. The number of rotatable bonds is 16. The van der Waals surface area contributed by atoms with Crippen molar-refractivity contribution >= 4 is 78.7 Å². The van der Waals surface area contributed by atoms with Gasteiger partial charge in [0, 0.05) is 35.8 Å². The van der Waals surface area contributed by atoms with E-state index in [9.17, 15) is 25.9 Å². The number of nitrogens with zero attached hydrogens (tertiary/aromatic N) is 6. The van der Waals surface area contributed by atoms with Gasteiger partial charge in [-0.1, -0.05) is 60.7 Å². The van der Waals surface area contributed by atoms with Gasteiger partial charge in [0.05, 0.1) is 9.79 Å². The molecule has 2 aromatic heterocycles. The van der Waals surface area contributed by atoms with E-state index in [4.69, 9.17) is 0 Å². The second-order valence-corrected chi connectivity index (χ2v) is 15.2. The molecule has 0 aliphatic rings. The standard InChI is InChI=1S/C38H34N12O6S2/c51-57(52,53)31-19-15-29(16-20-31)43-37-47-33(45-35(49-37)41-27-7-3-1-4-8-27)39-23-25-11-13-26(14-12-25)24-40-34-46-36(42-28-9-5-2-6-10-28)50-38(48-34)44-30-17-21-32(22-18-30)58(54,55)56/h1-22H,23-24H2,(H,51,52,53)(H,54,55,56)(H3,39,41,43,45,47,49)(H3,40,42,44,46,48,50). The van der Waals surface area contributed by atoms with E-state index in [1.807, 2.05) is 84.9 Å². The molecule has 294 valence electrons. The zero-order valence-corrected chi connectivity index (χ0v) is 31.8. The minimum Gasteiger partial charge on any atom is -0.350 e. The zero-order valence-electron chi connectivity index (χ0n) is 30.1. The van der Waals surface area contributed by atoms with Crippen molar-refractivity contribution in [3.63, 3.8) is 0 Å². The quantitative estimate of drug-likeness (QED) is 0.0469. The van der Waals surface area contributed by atoms with E-state index < -0.39 is 20.2 Å². The molecule has 0 unspecified atom stereocenters. The fourth-order valence-electron chi connectivity index (χ4n) is 5.25. The lowest BCUT2D eigenvalue weighted by Crippen LogP contribution is -2.10. The third kappa shape index (κ3) is 10.9. The highest BCUT2D eigenvalue weighted by Gasteiger charge is 2.13. The van der Waals surface area contributed by atoms with Crippen molar-refractivity contribution in [3.05, 3.63) is 145 Å². The maximum absolute atomic E-state index is 11.5. The summed E-state index contributed by atoms with van der Waals surface area (Å²) in [5, 5.41) is 18.9. The van der Waals surface area contributed by atoms with Crippen LogP contribution in [0.25, 0.3) is 0 Å². The summed E-state index contributed by atoms with van der Waals surface area (Å²) in [5.41, 5.74) is 4.35. The molecule has 0 fully saturated rings. The molecule has 0 amide bonds. The SMILES string of the molecule is O=S(=O)(O)c1ccc(Nc2nc(NCc3ccc(CNc4nc(Nc5ccccc5)nc(Nc5ccc(S(=O)(=O)O)cc5)n4)cc3)nc(Nc3ccccc3)n2)cc1. The second kappa shape index (κ2) is 17.3. The Morgan fingerprint density at radius 2 is 0.638 bits per heavy atom. The maximum Gasteiger partial charge on any atom is 0.294 e. The number of para-hydroxylation sites is 2. The first-order valence-corrected chi connectivity index (χ1v) is 20.2. The molecule has 0 atom stereocenters. The average molecular weight is 819 g/mol. The highest BCUT2D eigenvalue weighted by atomic mass is 32.2. The topological polar surface area (TPSA) is 258 Å². The highest BCUT2D eigenvalue weighted by Crippen LogP contribution is 2.23. The van der Waals surface area contributed by atoms with Gasteiger partial charge in [0.25, 0.3) is 20.2 Å². The largest absolute Gasteiger partial charge is 0.350 e. The second-order valence-electron chi connectivity index (χ2n) is 12.4. The van der Waals surface area contributed by atoms with Crippen molar-refractivity contribution in [2.45, 2.75) is 22.9 Å². The molecule has 2 heterocycles. The van der Waals surface area contributed by atoms with E-state index in [1.54, 1.807) is 0 Å². The van der Waals surface area contributed by atoms with Gasteiger partial charge in [-0.15, -0.1) is 0 Å². The first kappa shape index (κ1) is 39.0. The van der Waals surface area contributed by atoms with E-state index >= 15 is 0 Å². The number of benzene rings is 5. The minimum atomic E-state index is -4.34. The fraction of sp³-hybridized carbons (Fsp3) is 0.0526. The van der Waals surface area contributed by atoms with Gasteiger partial charge in [-0.25, -0.2) is 0 Å². The Kier molecular flexibility index (Phi) is 11.6. The molecule has 0 saturated heterocycles. The van der Waals surface area contributed by atoms with Gasteiger partial charge in [0.15, 0.2) is 0 Å². The molecule has 0 bridgehead atoms. The Morgan fingerprint density at radius 1 is 0.362 bits per heavy atom. The molecule has 7 aromatic rings. The van der Waals surface area contributed by atoms with Crippen LogP contribution in [0.2, 0.25) is 0 Å². The van der Waals surface area contributed by atoms with Gasteiger partial charge in [0.1, 0.15) is 0 Å². The van der Waals surface area contributed by atoms with Crippen LogP contribution in [0, 0.1) is 0 Å². The molecule has 0 aliphatic heterocycles. The third-order valence-corrected chi connectivity index (χ3v) is 9.81. The molecule has 7 rings (SSSR count). The van der Waals surface area contributed by atoms with Crippen LogP contribution < -0.4 is 31.9 Å². The summed E-state index contributed by atoms with van der Waals surface area (Å²) in [4.78, 5) is 26.5. The first-order chi connectivity index (χ1) is 27.9. The number of hydrogen-bond acceptors (Lipinski definition) is 16. The summed E-state index contributed by atoms with van der Waals surface area (Å²) in [6, 6.07) is 37.5. The Labute approximate surface area is 332 Å². The van der Waals surface area contributed by atoms with Crippen molar-refractivity contribution in [1.29, 1.82) is 0 Å². The van der Waals surface area contributed by atoms with Crippen molar-refractivity contribution in [3.8, 4) is 0 Å². The molecule has 58 heavy (non-hydrogen) atoms. The van der Waals surface area contributed by atoms with Crippen LogP contribution in [0.4, 0.5) is 58.4 Å². The molecule has 8 N–H and O–H groups in total. The van der Waals surface area contributed by atoms with Gasteiger partial charge in [-0.2, -0.15) is 46.7 Å². The van der Waals surface area contributed by atoms with Crippen molar-refractivity contribution in [1.82, 2.24) is 29.9 Å². The predicted octanol–water partition coefficient (Wildman–Crippen LogP) is 6.75. The summed E-state index contributed by atoms with van der Waals surface area (Å²) in [5.74, 6) is 1.43. The average Bonchev–Trinajstić information content (AvgIpc) is 3.20. The highest BCUT2D eigenvalue weighted by molar-refractivity contribution is 7.86. The van der Waals surface area contributed by atoms with E-state index in [-0.39, 0.29) is 45.5 Å². The lowest BCUT2D eigenvalue weighted by molar-refractivity contribution is 0.481. The van der Waals surface area contributed by atoms with Gasteiger partial charge >= 0.3 is 0 Å². The zero-order chi connectivity index (χ0) is 40.5. The van der Waals surface area contributed by atoms with E-state index in [1.165, 1.54) is 48.5 Å². The molecule has 0 aliphatic carbocycles. The lowest BCUT2D eigenvalue weighted by Gasteiger charge is -2.13. The summed E-state index contributed by atoms with van der Waals surface area (Å²) in [6.07, 6.45) is 0. The number of anilines is 10. The maximum atomic E-state index is 11.5. The van der Waals surface area contributed by atoms with Gasteiger partial charge < -0.3 is 31.9 Å². The van der Waals surface area contributed by atoms with Crippen LogP contribution in [-0.2, 0) is 33.3 Å². The fourth-order valence-corrected chi connectivity index (χ4v) is 6.21. The molecule has 18 nitrogen and oxygen atoms in total. The van der Waals surface area contributed by atoms with Crippen molar-refractivity contribution in [2.24, 2.45) is 0 Å². The molecule has 0 saturated carbocycles. The Bertz CT molecular complexity index is 2530. The molecule has 0 spiro atoms. The van der Waals surface area contributed by atoms with Gasteiger partial charge in [0.2, 0.25) is 35.7 Å². The van der Waals surface area contributed by atoms with Gasteiger partial charge in [-0.05, 0) is 83.9 Å². The normalized spacial score (nSPS) is 11.3. The van der Waals surface area contributed by atoms with Crippen LogP contribution >= 0.6 is 0 Å². The van der Waals surface area contributed by atoms with E-state index in [0.717, 1.165) is 22.5 Å². The Balaban J connectivity index is 1.03. The Morgan fingerprint density at radius 3 is 0.931 bits per heavy atom. The van der Waals surface area contributed by atoms with E-state index in [2.05, 4.69) is 61.8 Å². The number of nitrogens with one attached hydrogen (secondary N) is 6. The third-order valence-electron chi connectivity index (χ3n) is 8.07. The molecular weight excluding hydrogens is 785 g/mol. The molecule has 5 aromatic carbocycles. The molecular formula is C38H34N12O6S2. The monoisotopic (exact) mass is 818 g/mol. The van der Waals surface area contributed by atoms with Crippen LogP contribution in [0.15, 0.2) is 143 Å². The van der Waals surface area contributed by atoms with Crippen molar-refractivity contribution in [2.75, 3.05) is 31.9 Å². The van der Waals surface area contributed by atoms with Crippen LogP contribution in [-0.4, -0.2) is 55.8 Å². The van der Waals surface area contributed by atoms with Gasteiger partial charge in [-0.3, -0.25) is 9.11 Å². The molecule has 20 heteroatoms. The summed E-state index contributed by atoms with van der Waals surface area (Å²) >= 11 is 0. The van der Waals surface area contributed by atoms with E-state index in [0.29, 0.717) is 24.5 Å².